The molecule has 7 nitrogen and oxygen atoms in total. The highest BCUT2D eigenvalue weighted by Crippen LogP contribution is 2.27. The number of benzene rings is 3. The maximum atomic E-state index is 13.4. The van der Waals surface area contributed by atoms with Crippen molar-refractivity contribution in [1.29, 1.82) is 5.26 Å². The maximum absolute atomic E-state index is 13.4. The first-order chi connectivity index (χ1) is 17.0. The largest absolute Gasteiger partial charge is 0.436 e. The van der Waals surface area contributed by atoms with Crippen LogP contribution in [0, 0.1) is 25.2 Å². The maximum Gasteiger partial charge on any atom is 0.265 e. The van der Waals surface area contributed by atoms with Gasteiger partial charge in [-0.1, -0.05) is 24.3 Å². The molecule has 0 radical (unpaired) electrons. The van der Waals surface area contributed by atoms with Crippen LogP contribution < -0.4 is 16.1 Å². The van der Waals surface area contributed by atoms with Gasteiger partial charge in [-0.3, -0.25) is 9.20 Å². The topological polar surface area (TPSA) is 96.2 Å². The Kier molecular flexibility index (Phi) is 4.61. The average molecular weight is 457 g/mol. The molecule has 0 amide bonds. The zero-order valence-electron chi connectivity index (χ0n) is 19.0. The first-order valence-corrected chi connectivity index (χ1v) is 11.1. The van der Waals surface area contributed by atoms with E-state index in [0.717, 1.165) is 27.9 Å². The second-order valence-corrected chi connectivity index (χ2v) is 8.40. The van der Waals surface area contributed by atoms with Gasteiger partial charge in [0.15, 0.2) is 11.2 Å². The Morgan fingerprint density at radius 3 is 2.57 bits per heavy atom. The number of pyridine rings is 1. The molecule has 0 aliphatic carbocycles. The molecular formula is C28H19N5O2. The molecule has 3 aromatic carbocycles. The van der Waals surface area contributed by atoms with E-state index in [9.17, 15) is 10.1 Å². The summed E-state index contributed by atoms with van der Waals surface area (Å²) in [6.07, 6.45) is 1.64. The minimum atomic E-state index is -0.226. The van der Waals surface area contributed by atoms with Gasteiger partial charge in [0.2, 0.25) is 5.89 Å². The minimum absolute atomic E-state index is 0.226. The van der Waals surface area contributed by atoms with Crippen LogP contribution in [0.2, 0.25) is 0 Å². The molecule has 0 aliphatic rings. The fourth-order valence-electron chi connectivity index (χ4n) is 4.36. The second-order valence-electron chi connectivity index (χ2n) is 8.40. The van der Waals surface area contributed by atoms with E-state index >= 15 is 0 Å². The van der Waals surface area contributed by atoms with E-state index in [1.165, 1.54) is 4.40 Å². The van der Waals surface area contributed by atoms with Crippen molar-refractivity contribution in [3.63, 3.8) is 0 Å². The molecule has 0 aliphatic heterocycles. The van der Waals surface area contributed by atoms with Crippen molar-refractivity contribution < 1.29 is 4.42 Å². The summed E-state index contributed by atoms with van der Waals surface area (Å²) in [7, 11) is 0. The molecule has 3 aromatic heterocycles. The molecule has 0 bridgehead atoms. The van der Waals surface area contributed by atoms with Gasteiger partial charge < -0.3 is 9.73 Å². The quantitative estimate of drug-likeness (QED) is 0.413. The van der Waals surface area contributed by atoms with Crippen molar-refractivity contribution in [2.24, 2.45) is 0 Å². The van der Waals surface area contributed by atoms with Crippen molar-refractivity contribution in [3.8, 4) is 17.5 Å². The zero-order valence-corrected chi connectivity index (χ0v) is 19.0. The Bertz CT molecular complexity index is 1930. The molecule has 0 atom stereocenters. The Hall–Kier alpha value is -4.96. The molecule has 6 rings (SSSR count). The first-order valence-electron chi connectivity index (χ1n) is 11.1. The molecule has 3 heterocycles. The summed E-state index contributed by atoms with van der Waals surface area (Å²) in [5.74, 6) is 0.554. The van der Waals surface area contributed by atoms with Crippen LogP contribution in [0.4, 0.5) is 5.69 Å². The Morgan fingerprint density at radius 1 is 1.00 bits per heavy atom. The summed E-state index contributed by atoms with van der Waals surface area (Å²) in [5.41, 5.74) is 6.79. The van der Waals surface area contributed by atoms with Crippen LogP contribution in [0.1, 0.15) is 16.7 Å². The number of para-hydroxylation sites is 3. The summed E-state index contributed by atoms with van der Waals surface area (Å²) in [6, 6.07) is 23.1. The molecule has 1 N–H and O–H groups in total. The molecular weight excluding hydrogens is 438 g/mol. The highest BCUT2D eigenvalue weighted by Gasteiger charge is 2.16. The van der Waals surface area contributed by atoms with Crippen LogP contribution in [0.15, 0.2) is 75.9 Å². The SMILES string of the molecule is Cc1c(C#N)c2nc3ccccc3n2c(=O)/c1=C\Nc1ccc(-c2nc3c(C)cccc3o2)cc1. The number of hydrogen-bond donors (Lipinski definition) is 1. The summed E-state index contributed by atoms with van der Waals surface area (Å²) in [6.45, 7) is 3.77. The Labute approximate surface area is 199 Å². The highest BCUT2D eigenvalue weighted by molar-refractivity contribution is 5.83. The number of nitrogens with zero attached hydrogens (tertiary/aromatic N) is 4. The van der Waals surface area contributed by atoms with Crippen LogP contribution >= 0.6 is 0 Å². The number of nitrogens with one attached hydrogen (secondary N) is 1. The number of anilines is 1. The number of imidazole rings is 1. The summed E-state index contributed by atoms with van der Waals surface area (Å²) in [4.78, 5) is 22.5. The van der Waals surface area contributed by atoms with E-state index in [0.29, 0.717) is 38.9 Å². The minimum Gasteiger partial charge on any atom is -0.436 e. The van der Waals surface area contributed by atoms with E-state index in [-0.39, 0.29) is 5.56 Å². The van der Waals surface area contributed by atoms with Crippen LogP contribution in [0.25, 0.3) is 45.4 Å². The number of hydrogen-bond acceptors (Lipinski definition) is 6. The molecule has 6 aromatic rings. The van der Waals surface area contributed by atoms with Crippen LogP contribution in [-0.2, 0) is 0 Å². The van der Waals surface area contributed by atoms with Crippen LogP contribution in [0.3, 0.4) is 0 Å². The lowest BCUT2D eigenvalue weighted by molar-refractivity contribution is 0.620. The molecule has 0 fully saturated rings. The highest BCUT2D eigenvalue weighted by atomic mass is 16.3. The molecule has 0 spiro atoms. The fourth-order valence-corrected chi connectivity index (χ4v) is 4.36. The normalized spacial score (nSPS) is 12.0. The standard InChI is InChI=1S/C28H19N5O2/c1-16-6-5-9-24-25(16)32-27(35-24)18-10-12-19(13-11-18)30-15-21-17(2)20(14-29)26-31-22-7-3-4-8-23(22)33(26)28(21)34/h3-13,15,30H,1-2H3/b21-15-. The van der Waals surface area contributed by atoms with Gasteiger partial charge in [-0.2, -0.15) is 5.26 Å². The number of aryl methyl sites for hydroxylation is 1. The molecule has 0 saturated heterocycles. The van der Waals surface area contributed by atoms with Gasteiger partial charge in [0.25, 0.3) is 5.56 Å². The van der Waals surface area contributed by atoms with Gasteiger partial charge in [-0.15, -0.1) is 0 Å². The van der Waals surface area contributed by atoms with Crippen LogP contribution in [-0.4, -0.2) is 14.4 Å². The third-order valence-electron chi connectivity index (χ3n) is 6.24. The first kappa shape index (κ1) is 20.6. The summed E-state index contributed by atoms with van der Waals surface area (Å²) < 4.78 is 7.42. The third-order valence-corrected chi connectivity index (χ3v) is 6.24. The van der Waals surface area contributed by atoms with Gasteiger partial charge >= 0.3 is 0 Å². The van der Waals surface area contributed by atoms with E-state index in [2.05, 4.69) is 21.4 Å². The summed E-state index contributed by atoms with van der Waals surface area (Å²) in [5, 5.41) is 13.4. The number of fused-ring (bicyclic) bond motifs is 4. The van der Waals surface area contributed by atoms with Crippen molar-refractivity contribution in [2.75, 3.05) is 5.32 Å². The average Bonchev–Trinajstić information content (AvgIpc) is 3.47. The van der Waals surface area contributed by atoms with E-state index < -0.39 is 0 Å². The molecule has 35 heavy (non-hydrogen) atoms. The molecule has 168 valence electrons. The van der Waals surface area contributed by atoms with Gasteiger partial charge in [0, 0.05) is 17.5 Å². The lowest BCUT2D eigenvalue weighted by Crippen LogP contribution is -2.34. The van der Waals surface area contributed by atoms with Gasteiger partial charge in [0.1, 0.15) is 11.6 Å². The number of oxazole rings is 1. The van der Waals surface area contributed by atoms with Gasteiger partial charge in [0.05, 0.1) is 21.8 Å². The second kappa shape index (κ2) is 7.82. The smallest absolute Gasteiger partial charge is 0.265 e. The Morgan fingerprint density at radius 2 is 1.80 bits per heavy atom. The van der Waals surface area contributed by atoms with Crippen molar-refractivity contribution in [1.82, 2.24) is 14.4 Å². The predicted molar refractivity (Wildman–Crippen MR) is 136 cm³/mol. The monoisotopic (exact) mass is 457 g/mol. The fraction of sp³-hybridized carbons (Fsp3) is 0.0714. The molecule has 0 saturated carbocycles. The van der Waals surface area contributed by atoms with E-state index in [1.807, 2.05) is 73.7 Å². The van der Waals surface area contributed by atoms with Crippen molar-refractivity contribution in [3.05, 3.63) is 99.0 Å². The zero-order chi connectivity index (χ0) is 24.1. The predicted octanol–water partition coefficient (Wildman–Crippen LogP) is 4.71. The van der Waals surface area contributed by atoms with Crippen molar-refractivity contribution in [2.45, 2.75) is 13.8 Å². The lowest BCUT2D eigenvalue weighted by atomic mass is 10.1. The van der Waals surface area contributed by atoms with Gasteiger partial charge in [-0.05, 0) is 67.4 Å². The summed E-state index contributed by atoms with van der Waals surface area (Å²) >= 11 is 0. The van der Waals surface area contributed by atoms with Crippen molar-refractivity contribution >= 4 is 39.7 Å². The third kappa shape index (κ3) is 3.23. The number of nitriles is 1. The number of aromatic nitrogens is 3. The molecule has 0 unspecified atom stereocenters. The van der Waals surface area contributed by atoms with E-state index in [4.69, 9.17) is 4.42 Å². The Balaban J connectivity index is 1.40. The lowest BCUT2D eigenvalue weighted by Gasteiger charge is -2.05. The van der Waals surface area contributed by atoms with E-state index in [1.54, 1.807) is 13.1 Å². The number of rotatable bonds is 3. The van der Waals surface area contributed by atoms with Gasteiger partial charge in [-0.25, -0.2) is 9.97 Å². The van der Waals surface area contributed by atoms with Crippen LogP contribution in [0.5, 0.6) is 0 Å². The molecule has 7 heteroatoms.